The van der Waals surface area contributed by atoms with E-state index in [9.17, 15) is 13.6 Å². The van der Waals surface area contributed by atoms with Gasteiger partial charge in [0.1, 0.15) is 11.6 Å². The summed E-state index contributed by atoms with van der Waals surface area (Å²) in [5.74, 6) is -0.905. The Morgan fingerprint density at radius 3 is 2.50 bits per heavy atom. The third kappa shape index (κ3) is 3.28. The van der Waals surface area contributed by atoms with Crippen LogP contribution < -0.4 is 0 Å². The van der Waals surface area contributed by atoms with Crippen molar-refractivity contribution in [3.8, 4) is 0 Å². The lowest BCUT2D eigenvalue weighted by atomic mass is 10.1. The maximum atomic E-state index is 13.8. The molecular formula is C16H18F2N4O2. The number of hydrogen-bond acceptors (Lipinski definition) is 5. The number of piperazine rings is 1. The highest BCUT2D eigenvalue weighted by Crippen LogP contribution is 2.21. The average Bonchev–Trinajstić information content (AvgIpc) is 3.00. The van der Waals surface area contributed by atoms with Gasteiger partial charge in [0, 0.05) is 39.2 Å². The van der Waals surface area contributed by atoms with Gasteiger partial charge in [0.15, 0.2) is 0 Å². The quantitative estimate of drug-likeness (QED) is 0.860. The number of hydrogen-bond donors (Lipinski definition) is 0. The van der Waals surface area contributed by atoms with Crippen LogP contribution in [0.4, 0.5) is 8.78 Å². The molecule has 0 saturated carbocycles. The summed E-state index contributed by atoms with van der Waals surface area (Å²) in [6.07, 6.45) is 0. The van der Waals surface area contributed by atoms with Crippen LogP contribution in [-0.2, 0) is 0 Å². The van der Waals surface area contributed by atoms with Crippen LogP contribution in [0, 0.1) is 18.6 Å². The number of carbonyl (C=O) groups is 1. The largest absolute Gasteiger partial charge is 0.424 e. The van der Waals surface area contributed by atoms with E-state index in [0.29, 0.717) is 38.0 Å². The van der Waals surface area contributed by atoms with E-state index >= 15 is 0 Å². The van der Waals surface area contributed by atoms with Gasteiger partial charge in [-0.3, -0.25) is 9.69 Å². The lowest BCUT2D eigenvalue weighted by Crippen LogP contribution is -2.49. The molecule has 0 radical (unpaired) electrons. The summed E-state index contributed by atoms with van der Waals surface area (Å²) in [6, 6.07) is 2.95. The third-order valence-electron chi connectivity index (χ3n) is 4.21. The molecular weight excluding hydrogens is 318 g/mol. The zero-order valence-corrected chi connectivity index (χ0v) is 13.5. The summed E-state index contributed by atoms with van der Waals surface area (Å²) in [5.41, 5.74) is -0.106. The molecule has 8 heteroatoms. The number of aromatic nitrogens is 2. The highest BCUT2D eigenvalue weighted by molar-refractivity contribution is 5.94. The molecule has 2 heterocycles. The first-order valence-corrected chi connectivity index (χ1v) is 7.74. The molecule has 1 fully saturated rings. The van der Waals surface area contributed by atoms with Crippen molar-refractivity contribution >= 4 is 5.91 Å². The van der Waals surface area contributed by atoms with Gasteiger partial charge in [-0.25, -0.2) is 8.78 Å². The van der Waals surface area contributed by atoms with E-state index < -0.39 is 17.5 Å². The zero-order valence-electron chi connectivity index (χ0n) is 13.5. The molecule has 3 rings (SSSR count). The molecule has 128 valence electrons. The molecule has 0 spiro atoms. The standard InChI is InChI=1S/C16H18F2N4O2/c1-10(15-20-19-11(2)24-15)21-5-7-22(8-6-21)16(23)13-4-3-12(17)9-14(13)18/h3-4,9-10H,5-8H2,1-2H3. The van der Waals surface area contributed by atoms with Crippen molar-refractivity contribution in [1.82, 2.24) is 20.0 Å². The first-order chi connectivity index (χ1) is 11.5. The maximum absolute atomic E-state index is 13.8. The van der Waals surface area contributed by atoms with Gasteiger partial charge < -0.3 is 9.32 Å². The first-order valence-electron chi connectivity index (χ1n) is 7.74. The third-order valence-corrected chi connectivity index (χ3v) is 4.21. The van der Waals surface area contributed by atoms with Crippen molar-refractivity contribution in [1.29, 1.82) is 0 Å². The van der Waals surface area contributed by atoms with Crippen molar-refractivity contribution in [2.24, 2.45) is 0 Å². The minimum atomic E-state index is -0.836. The maximum Gasteiger partial charge on any atom is 0.256 e. The Bertz CT molecular complexity index is 741. The SMILES string of the molecule is Cc1nnc(C(C)N2CCN(C(=O)c3ccc(F)cc3F)CC2)o1. The van der Waals surface area contributed by atoms with E-state index in [1.54, 1.807) is 11.8 Å². The van der Waals surface area contributed by atoms with E-state index in [1.165, 1.54) is 6.07 Å². The predicted molar refractivity (Wildman–Crippen MR) is 81.3 cm³/mol. The fourth-order valence-corrected chi connectivity index (χ4v) is 2.78. The van der Waals surface area contributed by atoms with E-state index in [0.717, 1.165) is 12.1 Å². The second kappa shape index (κ2) is 6.64. The smallest absolute Gasteiger partial charge is 0.256 e. The molecule has 1 aliphatic heterocycles. The second-order valence-corrected chi connectivity index (χ2v) is 5.79. The molecule has 1 unspecified atom stereocenters. The zero-order chi connectivity index (χ0) is 17.3. The highest BCUT2D eigenvalue weighted by Gasteiger charge is 2.28. The fourth-order valence-electron chi connectivity index (χ4n) is 2.78. The normalized spacial score (nSPS) is 17.1. The Hall–Kier alpha value is -2.35. The van der Waals surface area contributed by atoms with Crippen LogP contribution in [-0.4, -0.2) is 52.1 Å². The average molecular weight is 336 g/mol. The lowest BCUT2D eigenvalue weighted by Gasteiger charge is -2.36. The topological polar surface area (TPSA) is 62.5 Å². The number of aryl methyl sites for hydroxylation is 1. The van der Waals surface area contributed by atoms with E-state index in [-0.39, 0.29) is 11.6 Å². The van der Waals surface area contributed by atoms with Crippen LogP contribution >= 0.6 is 0 Å². The van der Waals surface area contributed by atoms with Gasteiger partial charge >= 0.3 is 0 Å². The Balaban J connectivity index is 1.63. The predicted octanol–water partition coefficient (Wildman–Crippen LogP) is 2.18. The Morgan fingerprint density at radius 1 is 1.21 bits per heavy atom. The summed E-state index contributed by atoms with van der Waals surface area (Å²) in [4.78, 5) is 16.1. The van der Waals surface area contributed by atoms with Crippen LogP contribution in [0.1, 0.15) is 35.1 Å². The number of amides is 1. The summed E-state index contributed by atoms with van der Waals surface area (Å²) in [5, 5.41) is 7.84. The highest BCUT2D eigenvalue weighted by atomic mass is 19.1. The lowest BCUT2D eigenvalue weighted by molar-refractivity contribution is 0.0553. The molecule has 24 heavy (non-hydrogen) atoms. The van der Waals surface area contributed by atoms with E-state index in [1.807, 2.05) is 6.92 Å². The van der Waals surface area contributed by atoms with Gasteiger partial charge in [-0.15, -0.1) is 10.2 Å². The Kier molecular flexibility index (Phi) is 4.57. The van der Waals surface area contributed by atoms with Crippen molar-refractivity contribution in [2.45, 2.75) is 19.9 Å². The molecule has 1 saturated heterocycles. The molecule has 6 nitrogen and oxygen atoms in total. The van der Waals surface area contributed by atoms with E-state index in [4.69, 9.17) is 4.42 Å². The fraction of sp³-hybridized carbons (Fsp3) is 0.438. The first kappa shape index (κ1) is 16.5. The van der Waals surface area contributed by atoms with Gasteiger partial charge in [-0.05, 0) is 19.1 Å². The van der Waals surface area contributed by atoms with Gasteiger partial charge in [0.2, 0.25) is 11.8 Å². The summed E-state index contributed by atoms with van der Waals surface area (Å²) >= 11 is 0. The van der Waals surface area contributed by atoms with Crippen LogP contribution in [0.15, 0.2) is 22.6 Å². The monoisotopic (exact) mass is 336 g/mol. The number of halogens is 2. The molecule has 1 aromatic carbocycles. The molecule has 0 N–H and O–H groups in total. The molecule has 0 aliphatic carbocycles. The summed E-state index contributed by atoms with van der Waals surface area (Å²) in [6.45, 7) is 5.82. The molecule has 2 aromatic rings. The van der Waals surface area contributed by atoms with Gasteiger partial charge in [0.05, 0.1) is 11.6 Å². The van der Waals surface area contributed by atoms with Crippen molar-refractivity contribution in [2.75, 3.05) is 26.2 Å². The van der Waals surface area contributed by atoms with Gasteiger partial charge in [-0.1, -0.05) is 0 Å². The molecule has 0 bridgehead atoms. The molecule has 1 aliphatic rings. The minimum absolute atomic E-state index is 0.0500. The number of nitrogens with zero attached hydrogens (tertiary/aromatic N) is 4. The van der Waals surface area contributed by atoms with Crippen LogP contribution in [0.25, 0.3) is 0 Å². The molecule has 1 aromatic heterocycles. The number of rotatable bonds is 3. The molecule has 1 amide bonds. The van der Waals surface area contributed by atoms with E-state index in [2.05, 4.69) is 15.1 Å². The Labute approximate surface area is 138 Å². The summed E-state index contributed by atoms with van der Waals surface area (Å²) in [7, 11) is 0. The van der Waals surface area contributed by atoms with Crippen molar-refractivity contribution in [3.05, 3.63) is 47.2 Å². The van der Waals surface area contributed by atoms with Crippen LogP contribution in [0.3, 0.4) is 0 Å². The minimum Gasteiger partial charge on any atom is -0.424 e. The van der Waals surface area contributed by atoms with Gasteiger partial charge in [0.25, 0.3) is 5.91 Å². The number of benzene rings is 1. The second-order valence-electron chi connectivity index (χ2n) is 5.79. The van der Waals surface area contributed by atoms with Crippen LogP contribution in [0.2, 0.25) is 0 Å². The van der Waals surface area contributed by atoms with Crippen molar-refractivity contribution < 1.29 is 18.0 Å². The van der Waals surface area contributed by atoms with Crippen LogP contribution in [0.5, 0.6) is 0 Å². The molecule has 1 atom stereocenters. The number of carbonyl (C=O) groups excluding carboxylic acids is 1. The summed E-state index contributed by atoms with van der Waals surface area (Å²) < 4.78 is 32.2. The van der Waals surface area contributed by atoms with Crippen molar-refractivity contribution in [3.63, 3.8) is 0 Å². The Morgan fingerprint density at radius 2 is 1.92 bits per heavy atom. The van der Waals surface area contributed by atoms with Gasteiger partial charge in [-0.2, -0.15) is 0 Å².